The van der Waals surface area contributed by atoms with Gasteiger partial charge in [-0.3, -0.25) is 0 Å². The highest BCUT2D eigenvalue weighted by Gasteiger charge is 2.18. The lowest BCUT2D eigenvalue weighted by Gasteiger charge is -2.18. The van der Waals surface area contributed by atoms with Gasteiger partial charge in [-0.2, -0.15) is 0 Å². The van der Waals surface area contributed by atoms with E-state index in [1.54, 1.807) is 0 Å². The van der Waals surface area contributed by atoms with Gasteiger partial charge in [0.15, 0.2) is 0 Å². The molecule has 2 unspecified atom stereocenters. The third-order valence-corrected chi connectivity index (χ3v) is 4.71. The molecule has 0 bridgehead atoms. The van der Waals surface area contributed by atoms with Crippen molar-refractivity contribution in [1.82, 2.24) is 0 Å². The van der Waals surface area contributed by atoms with Gasteiger partial charge in [0.2, 0.25) is 0 Å². The van der Waals surface area contributed by atoms with Crippen LogP contribution in [0.1, 0.15) is 42.6 Å². The fourth-order valence-electron chi connectivity index (χ4n) is 2.31. The molecule has 0 fully saturated rings. The van der Waals surface area contributed by atoms with E-state index < -0.39 is 0 Å². The van der Waals surface area contributed by atoms with E-state index >= 15 is 0 Å². The van der Waals surface area contributed by atoms with E-state index in [2.05, 4.69) is 48.0 Å². The molecule has 1 nitrogen and oxygen atoms in total. The van der Waals surface area contributed by atoms with Gasteiger partial charge < -0.3 is 4.74 Å². The summed E-state index contributed by atoms with van der Waals surface area (Å²) in [5.41, 5.74) is 2.76. The van der Waals surface area contributed by atoms with Crippen molar-refractivity contribution in [3.8, 4) is 5.75 Å². The molecule has 0 saturated carbocycles. The van der Waals surface area contributed by atoms with Crippen molar-refractivity contribution >= 4 is 15.9 Å². The molecule has 2 rings (SSSR count). The molecule has 0 aromatic heterocycles. The number of benzene rings is 1. The molecule has 1 aromatic carbocycles. The Morgan fingerprint density at radius 3 is 3.00 bits per heavy atom. The minimum Gasteiger partial charge on any atom is -0.493 e. The second kappa shape index (κ2) is 5.22. The van der Waals surface area contributed by atoms with Crippen LogP contribution in [-0.2, 0) is 6.42 Å². The van der Waals surface area contributed by atoms with Gasteiger partial charge in [0.05, 0.1) is 6.61 Å². The third-order valence-electron chi connectivity index (χ3n) is 3.28. The van der Waals surface area contributed by atoms with Gasteiger partial charge in [-0.1, -0.05) is 48.3 Å². The van der Waals surface area contributed by atoms with Crippen LogP contribution >= 0.6 is 15.9 Å². The zero-order chi connectivity index (χ0) is 11.5. The summed E-state index contributed by atoms with van der Waals surface area (Å²) in [6.07, 6.45) is 3.58. The Hall–Kier alpha value is -0.500. The van der Waals surface area contributed by atoms with Crippen molar-refractivity contribution < 1.29 is 4.74 Å². The van der Waals surface area contributed by atoms with E-state index in [1.807, 2.05) is 0 Å². The summed E-state index contributed by atoms with van der Waals surface area (Å²) >= 11 is 3.82. The number of hydrogen-bond donors (Lipinski definition) is 0. The van der Waals surface area contributed by atoms with Crippen LogP contribution in [0.25, 0.3) is 0 Å². The highest BCUT2D eigenvalue weighted by Crippen LogP contribution is 2.36. The Morgan fingerprint density at radius 1 is 1.44 bits per heavy atom. The smallest absolute Gasteiger partial charge is 0.122 e. The Labute approximate surface area is 106 Å². The van der Waals surface area contributed by atoms with Gasteiger partial charge in [0, 0.05) is 11.2 Å². The summed E-state index contributed by atoms with van der Waals surface area (Å²) in [5.74, 6) is 1.76. The number of ether oxygens (including phenoxy) is 1. The topological polar surface area (TPSA) is 9.23 Å². The molecule has 0 radical (unpaired) electrons. The molecular weight excluding hydrogens is 264 g/mol. The summed E-state index contributed by atoms with van der Waals surface area (Å²) in [5, 5.41) is 0. The number of alkyl halides is 1. The van der Waals surface area contributed by atoms with Crippen LogP contribution in [-0.4, -0.2) is 6.61 Å². The number of rotatable bonds is 4. The fourth-order valence-corrected chi connectivity index (χ4v) is 2.86. The zero-order valence-electron chi connectivity index (χ0n) is 10.0. The molecule has 2 heteroatoms. The quantitative estimate of drug-likeness (QED) is 0.739. The summed E-state index contributed by atoms with van der Waals surface area (Å²) < 4.78 is 5.53. The maximum atomic E-state index is 5.53. The van der Waals surface area contributed by atoms with Gasteiger partial charge >= 0.3 is 0 Å². The second-order valence-electron chi connectivity index (χ2n) is 4.63. The molecule has 16 heavy (non-hydrogen) atoms. The van der Waals surface area contributed by atoms with Crippen LogP contribution in [0.5, 0.6) is 5.75 Å². The summed E-state index contributed by atoms with van der Waals surface area (Å²) in [7, 11) is 0. The average molecular weight is 283 g/mol. The highest BCUT2D eigenvalue weighted by atomic mass is 79.9. The first kappa shape index (κ1) is 12.0. The van der Waals surface area contributed by atoms with Gasteiger partial charge in [-0.15, -0.1) is 0 Å². The second-order valence-corrected chi connectivity index (χ2v) is 5.62. The van der Waals surface area contributed by atoms with Crippen molar-refractivity contribution in [2.45, 2.75) is 37.9 Å². The van der Waals surface area contributed by atoms with Crippen molar-refractivity contribution in [3.05, 3.63) is 29.3 Å². The minimum absolute atomic E-state index is 0.471. The van der Waals surface area contributed by atoms with Gasteiger partial charge in [-0.05, 0) is 29.5 Å². The van der Waals surface area contributed by atoms with E-state index in [0.717, 1.165) is 18.8 Å². The summed E-state index contributed by atoms with van der Waals surface area (Å²) in [4.78, 5) is 0.471. The number of hydrogen-bond acceptors (Lipinski definition) is 1. The van der Waals surface area contributed by atoms with Crippen LogP contribution in [0.15, 0.2) is 18.2 Å². The molecule has 0 spiro atoms. The molecule has 0 saturated heterocycles. The predicted molar refractivity (Wildman–Crippen MR) is 71.4 cm³/mol. The molecule has 0 N–H and O–H groups in total. The first-order valence-corrected chi connectivity index (χ1v) is 7.03. The Balaban J connectivity index is 2.14. The van der Waals surface area contributed by atoms with Crippen LogP contribution in [0.3, 0.4) is 0 Å². The van der Waals surface area contributed by atoms with E-state index in [0.29, 0.717) is 10.7 Å². The van der Waals surface area contributed by atoms with Crippen molar-refractivity contribution in [3.63, 3.8) is 0 Å². The fraction of sp³-hybridized carbons (Fsp3) is 0.571. The Kier molecular flexibility index (Phi) is 3.91. The number of halogens is 1. The van der Waals surface area contributed by atoms with E-state index in [9.17, 15) is 0 Å². The zero-order valence-corrected chi connectivity index (χ0v) is 11.6. The van der Waals surface area contributed by atoms with E-state index in [1.165, 1.54) is 24.0 Å². The molecular formula is C14H19BrO. The van der Waals surface area contributed by atoms with E-state index in [-0.39, 0.29) is 0 Å². The van der Waals surface area contributed by atoms with Crippen molar-refractivity contribution in [1.29, 1.82) is 0 Å². The molecule has 1 aromatic rings. The van der Waals surface area contributed by atoms with Gasteiger partial charge in [0.1, 0.15) is 5.75 Å². The van der Waals surface area contributed by atoms with Gasteiger partial charge in [-0.25, -0.2) is 0 Å². The molecule has 1 heterocycles. The standard InChI is InChI=1S/C14H19BrO/c1-3-4-10(2)14(15)12-5-6-13-11(9-12)7-8-16-13/h5-6,9-10,14H,3-4,7-8H2,1-2H3. The Bertz CT molecular complexity index is 362. The van der Waals surface area contributed by atoms with Crippen LogP contribution < -0.4 is 4.74 Å². The van der Waals surface area contributed by atoms with Crippen LogP contribution in [0.4, 0.5) is 0 Å². The summed E-state index contributed by atoms with van der Waals surface area (Å²) in [6.45, 7) is 5.40. The molecule has 0 aliphatic carbocycles. The normalized spacial score (nSPS) is 17.7. The van der Waals surface area contributed by atoms with Gasteiger partial charge in [0.25, 0.3) is 0 Å². The monoisotopic (exact) mass is 282 g/mol. The molecule has 0 amide bonds. The summed E-state index contributed by atoms with van der Waals surface area (Å²) in [6, 6.07) is 6.61. The lowest BCUT2D eigenvalue weighted by Crippen LogP contribution is -2.03. The molecule has 2 atom stereocenters. The van der Waals surface area contributed by atoms with Crippen LogP contribution in [0, 0.1) is 5.92 Å². The molecule has 88 valence electrons. The van der Waals surface area contributed by atoms with Crippen molar-refractivity contribution in [2.75, 3.05) is 6.61 Å². The molecule has 1 aliphatic rings. The SMILES string of the molecule is CCCC(C)C(Br)c1ccc2c(c1)CCO2. The largest absolute Gasteiger partial charge is 0.493 e. The maximum absolute atomic E-state index is 5.53. The maximum Gasteiger partial charge on any atom is 0.122 e. The minimum atomic E-state index is 0.471. The lowest BCUT2D eigenvalue weighted by atomic mass is 9.95. The highest BCUT2D eigenvalue weighted by molar-refractivity contribution is 9.09. The third kappa shape index (κ3) is 2.42. The molecule has 1 aliphatic heterocycles. The van der Waals surface area contributed by atoms with Crippen molar-refractivity contribution in [2.24, 2.45) is 5.92 Å². The predicted octanol–water partition coefficient (Wildman–Crippen LogP) is 4.49. The Morgan fingerprint density at radius 2 is 2.25 bits per heavy atom. The lowest BCUT2D eigenvalue weighted by molar-refractivity contribution is 0.357. The first-order chi connectivity index (χ1) is 7.72. The van der Waals surface area contributed by atoms with Crippen LogP contribution in [0.2, 0.25) is 0 Å². The van der Waals surface area contributed by atoms with E-state index in [4.69, 9.17) is 4.74 Å². The first-order valence-electron chi connectivity index (χ1n) is 6.12. The number of fused-ring (bicyclic) bond motifs is 1. The average Bonchev–Trinajstić information content (AvgIpc) is 2.75.